The molecule has 4 aromatic rings. The lowest BCUT2D eigenvalue weighted by molar-refractivity contribution is -0.115. The normalized spacial score (nSPS) is 10.9. The Bertz CT molecular complexity index is 1040. The Labute approximate surface area is 146 Å². The van der Waals surface area contributed by atoms with Gasteiger partial charge in [0.15, 0.2) is 10.8 Å². The molecule has 25 heavy (non-hydrogen) atoms. The molecule has 5 nitrogen and oxygen atoms in total. The highest BCUT2D eigenvalue weighted by Gasteiger charge is 2.10. The number of aromatic amines is 1. The van der Waals surface area contributed by atoms with Crippen molar-refractivity contribution in [1.29, 1.82) is 0 Å². The van der Waals surface area contributed by atoms with E-state index >= 15 is 0 Å². The van der Waals surface area contributed by atoms with Crippen LogP contribution in [0.15, 0.2) is 54.0 Å². The average molecular weight is 352 g/mol. The van der Waals surface area contributed by atoms with Gasteiger partial charge < -0.3 is 10.3 Å². The first-order chi connectivity index (χ1) is 12.2. The molecule has 2 N–H and O–H groups in total. The van der Waals surface area contributed by atoms with Gasteiger partial charge >= 0.3 is 0 Å². The number of thiazole rings is 1. The van der Waals surface area contributed by atoms with Crippen LogP contribution >= 0.6 is 11.3 Å². The average Bonchev–Trinajstić information content (AvgIpc) is 3.23. The van der Waals surface area contributed by atoms with Gasteiger partial charge in [0.2, 0.25) is 5.91 Å². The number of anilines is 1. The molecule has 1 amide bonds. The predicted molar refractivity (Wildman–Crippen MR) is 95.9 cm³/mol. The van der Waals surface area contributed by atoms with Crippen molar-refractivity contribution in [3.63, 3.8) is 0 Å². The molecule has 0 aliphatic heterocycles. The zero-order chi connectivity index (χ0) is 17.2. The highest BCUT2D eigenvalue weighted by atomic mass is 32.1. The number of H-pyrrole nitrogens is 1. The molecule has 124 valence electrons. The monoisotopic (exact) mass is 352 g/mol. The minimum absolute atomic E-state index is 0.112. The molecule has 0 bridgehead atoms. The fraction of sp³-hybridized carbons (Fsp3) is 0.0556. The Kier molecular flexibility index (Phi) is 3.99. The van der Waals surface area contributed by atoms with E-state index in [4.69, 9.17) is 0 Å². The molecule has 0 unspecified atom stereocenters. The number of fused-ring (bicyclic) bond motifs is 1. The summed E-state index contributed by atoms with van der Waals surface area (Å²) in [6, 6.07) is 11.5. The predicted octanol–water partition coefficient (Wildman–Crippen LogP) is 4.01. The third kappa shape index (κ3) is 3.41. The number of hydrogen-bond donors (Lipinski definition) is 2. The Morgan fingerprint density at radius 3 is 2.96 bits per heavy atom. The fourth-order valence-corrected chi connectivity index (χ4v) is 3.14. The van der Waals surface area contributed by atoms with Crippen LogP contribution in [0, 0.1) is 5.82 Å². The number of amides is 1. The third-order valence-corrected chi connectivity index (χ3v) is 4.44. The first-order valence-electron chi connectivity index (χ1n) is 7.61. The van der Waals surface area contributed by atoms with Gasteiger partial charge in [-0.2, -0.15) is 0 Å². The number of benzene rings is 2. The number of aromatic nitrogens is 3. The molecule has 0 atom stereocenters. The summed E-state index contributed by atoms with van der Waals surface area (Å²) in [4.78, 5) is 24.1. The maximum atomic E-state index is 13.2. The Balaban J connectivity index is 1.52. The number of rotatable bonds is 4. The van der Waals surface area contributed by atoms with Crippen LogP contribution in [0.5, 0.6) is 0 Å². The molecule has 2 aromatic heterocycles. The highest BCUT2D eigenvalue weighted by molar-refractivity contribution is 7.13. The van der Waals surface area contributed by atoms with Gasteiger partial charge in [0.1, 0.15) is 5.82 Å². The van der Waals surface area contributed by atoms with Crippen LogP contribution in [0.3, 0.4) is 0 Å². The van der Waals surface area contributed by atoms with E-state index in [0.29, 0.717) is 17.1 Å². The molecule has 0 radical (unpaired) electrons. The number of hydrogen-bond acceptors (Lipinski definition) is 4. The summed E-state index contributed by atoms with van der Waals surface area (Å²) in [6.07, 6.45) is 1.84. The van der Waals surface area contributed by atoms with Crippen LogP contribution in [0.1, 0.15) is 5.56 Å². The Morgan fingerprint density at radius 1 is 1.24 bits per heavy atom. The second-order valence-corrected chi connectivity index (χ2v) is 6.40. The number of carbonyl (C=O) groups excluding carboxylic acids is 1. The van der Waals surface area contributed by atoms with Gasteiger partial charge in [-0.3, -0.25) is 4.79 Å². The summed E-state index contributed by atoms with van der Waals surface area (Å²) in [5.41, 5.74) is 2.89. The van der Waals surface area contributed by atoms with E-state index in [1.54, 1.807) is 30.5 Å². The number of halogens is 1. The second kappa shape index (κ2) is 6.45. The van der Waals surface area contributed by atoms with Crippen molar-refractivity contribution in [2.45, 2.75) is 6.42 Å². The lowest BCUT2D eigenvalue weighted by atomic mass is 10.1. The lowest BCUT2D eigenvalue weighted by Crippen LogP contribution is -2.14. The SMILES string of the molecule is O=C(Cc1cccc(F)c1)Nc1ccc2[nH]c(-c3nccs3)nc2c1. The number of nitrogens with zero attached hydrogens (tertiary/aromatic N) is 2. The minimum atomic E-state index is -0.349. The van der Waals surface area contributed by atoms with Gasteiger partial charge in [0, 0.05) is 17.3 Å². The van der Waals surface area contributed by atoms with Crippen molar-refractivity contribution in [3.8, 4) is 10.8 Å². The largest absolute Gasteiger partial charge is 0.336 e. The van der Waals surface area contributed by atoms with E-state index < -0.39 is 0 Å². The second-order valence-electron chi connectivity index (χ2n) is 5.51. The maximum absolute atomic E-state index is 13.2. The molecular weight excluding hydrogens is 339 g/mol. The van der Waals surface area contributed by atoms with Crippen LogP contribution in [0.25, 0.3) is 21.9 Å². The molecule has 0 aliphatic carbocycles. The number of nitrogens with one attached hydrogen (secondary N) is 2. The number of imidazole rings is 1. The van der Waals surface area contributed by atoms with Crippen LogP contribution in [-0.2, 0) is 11.2 Å². The van der Waals surface area contributed by atoms with Crippen LogP contribution in [-0.4, -0.2) is 20.9 Å². The van der Waals surface area contributed by atoms with E-state index in [1.165, 1.54) is 23.5 Å². The molecule has 7 heteroatoms. The van der Waals surface area contributed by atoms with Crippen molar-refractivity contribution in [3.05, 3.63) is 65.4 Å². The summed E-state index contributed by atoms with van der Waals surface area (Å²) < 4.78 is 13.2. The first kappa shape index (κ1) is 15.5. The van der Waals surface area contributed by atoms with E-state index in [9.17, 15) is 9.18 Å². The van der Waals surface area contributed by atoms with Gasteiger partial charge in [0.05, 0.1) is 17.5 Å². The van der Waals surface area contributed by atoms with Crippen molar-refractivity contribution >= 4 is 34.0 Å². The lowest BCUT2D eigenvalue weighted by Gasteiger charge is -2.05. The smallest absolute Gasteiger partial charge is 0.228 e. The van der Waals surface area contributed by atoms with Crippen molar-refractivity contribution in [1.82, 2.24) is 15.0 Å². The molecule has 0 fully saturated rings. The molecular formula is C18H13FN4OS. The molecule has 2 aromatic carbocycles. The molecule has 0 aliphatic rings. The Morgan fingerprint density at radius 2 is 2.16 bits per heavy atom. The quantitative estimate of drug-likeness (QED) is 0.583. The minimum Gasteiger partial charge on any atom is -0.336 e. The topological polar surface area (TPSA) is 70.7 Å². The van der Waals surface area contributed by atoms with Gasteiger partial charge in [-0.05, 0) is 35.9 Å². The maximum Gasteiger partial charge on any atom is 0.228 e. The molecule has 2 heterocycles. The van der Waals surface area contributed by atoms with Gasteiger partial charge in [-0.15, -0.1) is 11.3 Å². The van der Waals surface area contributed by atoms with Gasteiger partial charge in [0.25, 0.3) is 0 Å². The zero-order valence-electron chi connectivity index (χ0n) is 13.0. The standard InChI is InChI=1S/C18H13FN4OS/c19-12-3-1-2-11(8-12)9-16(24)21-13-4-5-14-15(10-13)23-17(22-14)18-20-6-7-25-18/h1-8,10H,9H2,(H,21,24)(H,22,23). The van der Waals surface area contributed by atoms with Gasteiger partial charge in [-0.1, -0.05) is 12.1 Å². The van der Waals surface area contributed by atoms with E-state index in [2.05, 4.69) is 20.3 Å². The zero-order valence-corrected chi connectivity index (χ0v) is 13.8. The van der Waals surface area contributed by atoms with Crippen LogP contribution < -0.4 is 5.32 Å². The van der Waals surface area contributed by atoms with Crippen molar-refractivity contribution in [2.24, 2.45) is 0 Å². The van der Waals surface area contributed by atoms with Crippen LogP contribution in [0.2, 0.25) is 0 Å². The van der Waals surface area contributed by atoms with Crippen molar-refractivity contribution in [2.75, 3.05) is 5.32 Å². The molecule has 0 spiro atoms. The fourth-order valence-electron chi connectivity index (χ4n) is 2.56. The summed E-state index contributed by atoms with van der Waals surface area (Å²) in [5, 5.41) is 5.52. The molecule has 4 rings (SSSR count). The van der Waals surface area contributed by atoms with E-state index in [0.717, 1.165) is 16.0 Å². The summed E-state index contributed by atoms with van der Waals surface area (Å²) >= 11 is 1.50. The summed E-state index contributed by atoms with van der Waals surface area (Å²) in [5.74, 6) is 0.145. The summed E-state index contributed by atoms with van der Waals surface area (Å²) in [6.45, 7) is 0. The number of carbonyl (C=O) groups is 1. The third-order valence-electron chi connectivity index (χ3n) is 3.66. The van der Waals surface area contributed by atoms with Crippen LogP contribution in [0.4, 0.5) is 10.1 Å². The Hall–Kier alpha value is -3.06. The van der Waals surface area contributed by atoms with E-state index in [1.807, 2.05) is 11.4 Å². The van der Waals surface area contributed by atoms with Gasteiger partial charge in [-0.25, -0.2) is 14.4 Å². The molecule has 0 saturated heterocycles. The molecule has 0 saturated carbocycles. The van der Waals surface area contributed by atoms with Crippen molar-refractivity contribution < 1.29 is 9.18 Å². The van der Waals surface area contributed by atoms with E-state index in [-0.39, 0.29) is 18.1 Å². The first-order valence-corrected chi connectivity index (χ1v) is 8.49. The highest BCUT2D eigenvalue weighted by Crippen LogP contribution is 2.24. The summed E-state index contributed by atoms with van der Waals surface area (Å²) in [7, 11) is 0.